The van der Waals surface area contributed by atoms with Gasteiger partial charge in [0.2, 0.25) is 0 Å². The second-order valence-corrected chi connectivity index (χ2v) is 8.24. The maximum atomic E-state index is 5.58. The molecule has 0 bridgehead atoms. The highest BCUT2D eigenvalue weighted by Gasteiger charge is 2.29. The lowest BCUT2D eigenvalue weighted by molar-refractivity contribution is 0.0847. The van der Waals surface area contributed by atoms with Crippen molar-refractivity contribution in [2.45, 2.75) is 32.7 Å². The van der Waals surface area contributed by atoms with E-state index in [1.165, 1.54) is 21.1 Å². The first-order valence-electron chi connectivity index (χ1n) is 9.71. The molecule has 2 saturated heterocycles. The summed E-state index contributed by atoms with van der Waals surface area (Å²) < 4.78 is 11.2. The Balaban J connectivity index is 1.96. The number of nitrogens with zero attached hydrogens (tertiary/aromatic N) is 3. The molecular formula is C20H33N3O2S. The van der Waals surface area contributed by atoms with Gasteiger partial charge in [-0.2, -0.15) is 0 Å². The Labute approximate surface area is 162 Å². The Morgan fingerprint density at radius 3 is 2.50 bits per heavy atom. The van der Waals surface area contributed by atoms with Crippen molar-refractivity contribution in [3.8, 4) is 0 Å². The van der Waals surface area contributed by atoms with Crippen molar-refractivity contribution in [2.75, 3.05) is 69.9 Å². The van der Waals surface area contributed by atoms with Gasteiger partial charge < -0.3 is 24.2 Å². The van der Waals surface area contributed by atoms with Crippen molar-refractivity contribution >= 4 is 27.1 Å². The van der Waals surface area contributed by atoms with Crippen molar-refractivity contribution in [3.63, 3.8) is 0 Å². The Hall–Kier alpha value is -1.24. The molecule has 2 aliphatic heterocycles. The number of hydrogen-bond donors (Lipinski definition) is 0. The van der Waals surface area contributed by atoms with Gasteiger partial charge in [-0.05, 0) is 39.3 Å². The highest BCUT2D eigenvalue weighted by atomic mass is 32.1. The van der Waals surface area contributed by atoms with Gasteiger partial charge in [-0.15, -0.1) is 0 Å². The van der Waals surface area contributed by atoms with Gasteiger partial charge in [-0.3, -0.25) is 0 Å². The summed E-state index contributed by atoms with van der Waals surface area (Å²) in [4.78, 5) is 7.48. The molecule has 2 aliphatic rings. The van der Waals surface area contributed by atoms with Crippen LogP contribution in [0.3, 0.4) is 0 Å². The van der Waals surface area contributed by atoms with Gasteiger partial charge in [0.1, 0.15) is 10.8 Å². The van der Waals surface area contributed by atoms with Gasteiger partial charge in [0.15, 0.2) is 0 Å². The van der Waals surface area contributed by atoms with E-state index in [2.05, 4.69) is 42.2 Å². The van der Waals surface area contributed by atoms with Crippen LogP contribution in [-0.4, -0.2) is 71.0 Å². The number of anilines is 2. The van der Waals surface area contributed by atoms with Gasteiger partial charge in [-0.25, -0.2) is 0 Å². The van der Waals surface area contributed by atoms with Crippen LogP contribution in [0.5, 0.6) is 0 Å². The second kappa shape index (κ2) is 8.63. The van der Waals surface area contributed by atoms with E-state index in [1.807, 2.05) is 11.3 Å². The van der Waals surface area contributed by atoms with Crippen LogP contribution < -0.4 is 9.80 Å². The van der Waals surface area contributed by atoms with Crippen LogP contribution in [0.2, 0.25) is 0 Å². The molecule has 146 valence electrons. The fourth-order valence-electron chi connectivity index (χ4n) is 3.99. The lowest BCUT2D eigenvalue weighted by Gasteiger charge is -2.35. The number of likely N-dealkylation sites (N-methyl/N-ethyl adjacent to an activating group) is 1. The van der Waals surface area contributed by atoms with E-state index in [-0.39, 0.29) is 0 Å². The zero-order valence-corrected chi connectivity index (χ0v) is 17.5. The Bertz CT molecular complexity index is 617. The Morgan fingerprint density at radius 2 is 1.92 bits per heavy atom. The third-order valence-corrected chi connectivity index (χ3v) is 7.04. The van der Waals surface area contributed by atoms with E-state index in [1.54, 1.807) is 7.11 Å². The monoisotopic (exact) mass is 379 g/mol. The number of piperazine rings is 1. The van der Waals surface area contributed by atoms with Crippen LogP contribution in [0.1, 0.15) is 30.9 Å². The molecule has 2 fully saturated rings. The summed E-state index contributed by atoms with van der Waals surface area (Å²) >= 11 is 1.92. The van der Waals surface area contributed by atoms with Crippen LogP contribution in [0.4, 0.5) is 10.0 Å². The molecule has 0 saturated carbocycles. The van der Waals surface area contributed by atoms with Crippen LogP contribution >= 0.6 is 11.3 Å². The summed E-state index contributed by atoms with van der Waals surface area (Å²) in [5.41, 5.74) is 2.51. The summed E-state index contributed by atoms with van der Waals surface area (Å²) in [6.45, 7) is 15.8. The summed E-state index contributed by atoms with van der Waals surface area (Å²) in [6.07, 6.45) is 2.21. The number of ether oxygens (including phenoxy) is 2. The van der Waals surface area contributed by atoms with E-state index < -0.39 is 0 Å². The highest BCUT2D eigenvalue weighted by Crippen LogP contribution is 2.46. The topological polar surface area (TPSA) is 28.2 Å². The first-order chi connectivity index (χ1) is 12.6. The quantitative estimate of drug-likeness (QED) is 0.706. The van der Waals surface area contributed by atoms with Gasteiger partial charge in [-0.1, -0.05) is 17.9 Å². The van der Waals surface area contributed by atoms with E-state index >= 15 is 0 Å². The molecule has 5 nitrogen and oxygen atoms in total. The average Bonchev–Trinajstić information content (AvgIpc) is 3.00. The molecule has 0 aliphatic carbocycles. The number of methoxy groups -OCH3 is 1. The molecule has 1 aromatic rings. The molecule has 3 rings (SSSR count). The minimum absolute atomic E-state index is 0.565. The van der Waals surface area contributed by atoms with Crippen molar-refractivity contribution in [2.24, 2.45) is 0 Å². The molecule has 0 amide bonds. The summed E-state index contributed by atoms with van der Waals surface area (Å²) in [5, 5.41) is 2.70. The van der Waals surface area contributed by atoms with E-state index in [0.717, 1.165) is 64.5 Å². The molecular weight excluding hydrogens is 346 g/mol. The number of thiophene rings is 1. The number of rotatable bonds is 6. The Morgan fingerprint density at radius 1 is 1.27 bits per heavy atom. The molecule has 0 atom stereocenters. The van der Waals surface area contributed by atoms with Gasteiger partial charge in [0, 0.05) is 52.0 Å². The predicted molar refractivity (Wildman–Crippen MR) is 112 cm³/mol. The molecule has 0 N–H and O–H groups in total. The SMILES string of the molecule is C=C(OC)c1c(N2CCN(C)CC2)sc(N(CC)C2CCOCC2)c1C. The van der Waals surface area contributed by atoms with Crippen LogP contribution in [-0.2, 0) is 9.47 Å². The lowest BCUT2D eigenvalue weighted by atomic mass is 10.1. The zero-order chi connectivity index (χ0) is 18.7. The van der Waals surface area contributed by atoms with E-state index in [0.29, 0.717) is 6.04 Å². The summed E-state index contributed by atoms with van der Waals surface area (Å²) in [6, 6.07) is 0.565. The molecule has 1 aromatic heterocycles. The molecule has 26 heavy (non-hydrogen) atoms. The standard InChI is InChI=1S/C20H33N3O2S/c1-6-23(17-7-13-25-14-8-17)19-15(2)18(16(3)24-5)20(26-19)22-11-9-21(4)10-12-22/h17H,3,6-14H2,1-2,4-5H3. The van der Waals surface area contributed by atoms with Gasteiger partial charge in [0.25, 0.3) is 0 Å². The second-order valence-electron chi connectivity index (χ2n) is 7.26. The molecule has 3 heterocycles. The minimum atomic E-state index is 0.565. The summed E-state index contributed by atoms with van der Waals surface area (Å²) in [5.74, 6) is 0.780. The predicted octanol–water partition coefficient (Wildman–Crippen LogP) is 3.43. The first-order valence-corrected chi connectivity index (χ1v) is 10.5. The normalized spacial score (nSPS) is 19.6. The fraction of sp³-hybridized carbons (Fsp3) is 0.700. The molecule has 6 heteroatoms. The maximum absolute atomic E-state index is 5.58. The number of hydrogen-bond acceptors (Lipinski definition) is 6. The first kappa shape index (κ1) is 19.5. The fourth-order valence-corrected chi connectivity index (χ4v) is 5.50. The maximum Gasteiger partial charge on any atom is 0.122 e. The molecule has 0 spiro atoms. The average molecular weight is 380 g/mol. The van der Waals surface area contributed by atoms with E-state index in [4.69, 9.17) is 9.47 Å². The van der Waals surface area contributed by atoms with Crippen LogP contribution in [0.25, 0.3) is 5.76 Å². The van der Waals surface area contributed by atoms with Crippen LogP contribution in [0.15, 0.2) is 6.58 Å². The third kappa shape index (κ3) is 3.87. The lowest BCUT2D eigenvalue weighted by Crippen LogP contribution is -2.44. The molecule has 0 radical (unpaired) electrons. The van der Waals surface area contributed by atoms with E-state index in [9.17, 15) is 0 Å². The molecule has 0 unspecified atom stereocenters. The Kier molecular flexibility index (Phi) is 6.48. The largest absolute Gasteiger partial charge is 0.497 e. The van der Waals surface area contributed by atoms with Crippen molar-refractivity contribution in [1.29, 1.82) is 0 Å². The highest BCUT2D eigenvalue weighted by molar-refractivity contribution is 7.20. The van der Waals surface area contributed by atoms with Crippen molar-refractivity contribution in [1.82, 2.24) is 4.90 Å². The van der Waals surface area contributed by atoms with Gasteiger partial charge >= 0.3 is 0 Å². The van der Waals surface area contributed by atoms with Crippen molar-refractivity contribution < 1.29 is 9.47 Å². The van der Waals surface area contributed by atoms with Crippen molar-refractivity contribution in [3.05, 3.63) is 17.7 Å². The van der Waals surface area contributed by atoms with Crippen LogP contribution in [0, 0.1) is 6.92 Å². The molecule has 0 aromatic carbocycles. The third-order valence-electron chi connectivity index (χ3n) is 5.65. The minimum Gasteiger partial charge on any atom is -0.497 e. The smallest absolute Gasteiger partial charge is 0.122 e. The van der Waals surface area contributed by atoms with Gasteiger partial charge in [0.05, 0.1) is 17.7 Å². The zero-order valence-electron chi connectivity index (χ0n) is 16.7. The summed E-state index contributed by atoms with van der Waals surface area (Å²) in [7, 11) is 3.92.